The quantitative estimate of drug-likeness (QED) is 0.471. The molecule has 4 aliphatic rings. The van der Waals surface area contributed by atoms with Crippen LogP contribution in [0.5, 0.6) is 0 Å². The molecule has 2 N–H and O–H groups in total. The molecular formula is C25H23N5O3. The molecule has 0 atom stereocenters. The van der Waals surface area contributed by atoms with E-state index in [1.54, 1.807) is 12.4 Å². The first kappa shape index (κ1) is 19.0. The van der Waals surface area contributed by atoms with Crippen LogP contribution in [-0.4, -0.2) is 34.5 Å². The molecule has 4 aromatic rings. The molecule has 1 aromatic carbocycles. The number of ether oxygens (including phenoxy) is 1. The number of rotatable bonds is 5. The molecule has 166 valence electrons. The first-order chi connectivity index (χ1) is 16.1. The van der Waals surface area contributed by atoms with E-state index in [9.17, 15) is 4.79 Å². The number of benzene rings is 1. The normalized spacial score (nSPS) is 23.6. The van der Waals surface area contributed by atoms with Gasteiger partial charge in [-0.05, 0) is 55.4 Å². The Labute approximate surface area is 189 Å². The van der Waals surface area contributed by atoms with E-state index in [2.05, 4.69) is 32.7 Å². The molecule has 0 radical (unpaired) electrons. The second kappa shape index (κ2) is 6.74. The molecule has 5 heterocycles. The first-order valence-electron chi connectivity index (χ1n) is 11.4. The van der Waals surface area contributed by atoms with Gasteiger partial charge in [0, 0.05) is 36.1 Å². The standard InChI is InChI=1S/C25H23N5O3/c1-26-22-17-10-27-21(30-23(31)14-2-3-14)7-16(17)18(11-28-22)24-29-19-6-15(4-5-20(19)33-24)25-8-13(9-25)12-32-25/h4-7,10-11,13-14H,2-3,8-9,12H2,1H3,(H,26,28)(H,27,30,31)/t13-,25+. The van der Waals surface area contributed by atoms with Crippen molar-refractivity contribution in [3.05, 3.63) is 42.2 Å². The molecule has 3 aromatic heterocycles. The molecule has 2 saturated carbocycles. The molecule has 8 heteroatoms. The summed E-state index contributed by atoms with van der Waals surface area (Å²) in [6.07, 6.45) is 7.54. The minimum Gasteiger partial charge on any atom is -0.436 e. The van der Waals surface area contributed by atoms with Crippen molar-refractivity contribution in [1.82, 2.24) is 15.0 Å². The molecule has 2 aliphatic heterocycles. The maximum absolute atomic E-state index is 12.3. The number of anilines is 2. The van der Waals surface area contributed by atoms with Gasteiger partial charge in [-0.25, -0.2) is 15.0 Å². The van der Waals surface area contributed by atoms with Crippen LogP contribution in [0.3, 0.4) is 0 Å². The van der Waals surface area contributed by atoms with Gasteiger partial charge in [-0.1, -0.05) is 6.07 Å². The smallest absolute Gasteiger partial charge is 0.229 e. The second-order valence-electron chi connectivity index (χ2n) is 9.43. The number of nitrogens with zero attached hydrogens (tertiary/aromatic N) is 3. The zero-order chi connectivity index (χ0) is 22.2. The molecule has 2 aliphatic carbocycles. The van der Waals surface area contributed by atoms with E-state index >= 15 is 0 Å². The van der Waals surface area contributed by atoms with Crippen molar-refractivity contribution in [3.63, 3.8) is 0 Å². The van der Waals surface area contributed by atoms with E-state index in [0.29, 0.717) is 23.4 Å². The number of amides is 1. The summed E-state index contributed by atoms with van der Waals surface area (Å²) in [5.41, 5.74) is 3.32. The third-order valence-corrected chi connectivity index (χ3v) is 7.18. The van der Waals surface area contributed by atoms with Gasteiger partial charge in [0.25, 0.3) is 0 Å². The molecule has 2 bridgehead atoms. The van der Waals surface area contributed by atoms with Crippen molar-refractivity contribution >= 4 is 39.4 Å². The van der Waals surface area contributed by atoms with Crippen LogP contribution in [0, 0.1) is 11.8 Å². The van der Waals surface area contributed by atoms with Crippen molar-refractivity contribution in [2.24, 2.45) is 11.8 Å². The van der Waals surface area contributed by atoms with Gasteiger partial charge >= 0.3 is 0 Å². The number of carbonyl (C=O) groups is 1. The Morgan fingerprint density at radius 3 is 2.76 bits per heavy atom. The minimum atomic E-state index is -0.138. The Morgan fingerprint density at radius 1 is 1.12 bits per heavy atom. The van der Waals surface area contributed by atoms with Crippen LogP contribution in [0.25, 0.3) is 33.3 Å². The fraction of sp³-hybridized carbons (Fsp3) is 0.360. The summed E-state index contributed by atoms with van der Waals surface area (Å²) < 4.78 is 12.2. The van der Waals surface area contributed by atoms with E-state index < -0.39 is 0 Å². The number of fused-ring (bicyclic) bond motifs is 3. The third-order valence-electron chi connectivity index (χ3n) is 7.18. The van der Waals surface area contributed by atoms with E-state index in [4.69, 9.17) is 14.1 Å². The van der Waals surface area contributed by atoms with Crippen molar-refractivity contribution in [3.8, 4) is 11.5 Å². The summed E-state index contributed by atoms with van der Waals surface area (Å²) in [7, 11) is 1.82. The first-order valence-corrected chi connectivity index (χ1v) is 11.4. The fourth-order valence-electron chi connectivity index (χ4n) is 5.18. The monoisotopic (exact) mass is 441 g/mol. The highest BCUT2D eigenvalue weighted by molar-refractivity contribution is 6.03. The maximum Gasteiger partial charge on any atom is 0.229 e. The minimum absolute atomic E-state index is 0.0208. The number of nitrogens with one attached hydrogen (secondary N) is 2. The molecule has 0 spiro atoms. The van der Waals surface area contributed by atoms with Gasteiger partial charge in [-0.15, -0.1) is 0 Å². The lowest BCUT2D eigenvalue weighted by molar-refractivity contribution is -0.117. The zero-order valence-corrected chi connectivity index (χ0v) is 18.2. The Kier molecular flexibility index (Phi) is 3.88. The summed E-state index contributed by atoms with van der Waals surface area (Å²) in [4.78, 5) is 26.0. The van der Waals surface area contributed by atoms with Crippen molar-refractivity contribution in [2.45, 2.75) is 31.3 Å². The summed E-state index contributed by atoms with van der Waals surface area (Å²) in [5, 5.41) is 7.74. The molecule has 4 fully saturated rings. The summed E-state index contributed by atoms with van der Waals surface area (Å²) >= 11 is 0. The van der Waals surface area contributed by atoms with Crippen molar-refractivity contribution in [1.29, 1.82) is 0 Å². The van der Waals surface area contributed by atoms with Crippen LogP contribution >= 0.6 is 0 Å². The number of hydrogen-bond acceptors (Lipinski definition) is 7. The van der Waals surface area contributed by atoms with E-state index in [1.165, 1.54) is 5.56 Å². The van der Waals surface area contributed by atoms with E-state index in [-0.39, 0.29) is 17.4 Å². The highest BCUT2D eigenvalue weighted by Gasteiger charge is 2.53. The second-order valence-corrected chi connectivity index (χ2v) is 9.43. The topological polar surface area (TPSA) is 102 Å². The van der Waals surface area contributed by atoms with Gasteiger partial charge < -0.3 is 19.8 Å². The molecule has 8 nitrogen and oxygen atoms in total. The maximum atomic E-state index is 12.3. The van der Waals surface area contributed by atoms with Crippen molar-refractivity contribution in [2.75, 3.05) is 24.3 Å². The molecule has 8 rings (SSSR count). The molecular weight excluding hydrogens is 418 g/mol. The van der Waals surface area contributed by atoms with Crippen LogP contribution < -0.4 is 10.6 Å². The van der Waals surface area contributed by atoms with Crippen LogP contribution in [0.15, 0.2) is 41.1 Å². The molecule has 2 saturated heterocycles. The number of aromatic nitrogens is 3. The van der Waals surface area contributed by atoms with Crippen LogP contribution in [0.1, 0.15) is 31.2 Å². The predicted octanol–water partition coefficient (Wildman–Crippen LogP) is 4.46. The molecule has 0 unspecified atom stereocenters. The zero-order valence-electron chi connectivity index (χ0n) is 18.2. The third kappa shape index (κ3) is 2.94. The van der Waals surface area contributed by atoms with Gasteiger partial charge in [0.15, 0.2) is 5.58 Å². The lowest BCUT2D eigenvalue weighted by atomic mass is 9.71. The van der Waals surface area contributed by atoms with Gasteiger partial charge in [-0.2, -0.15) is 0 Å². The number of hydrogen-bond donors (Lipinski definition) is 2. The predicted molar refractivity (Wildman–Crippen MR) is 124 cm³/mol. The number of oxazole rings is 1. The fourth-order valence-corrected chi connectivity index (χ4v) is 5.18. The lowest BCUT2D eigenvalue weighted by Gasteiger charge is -2.36. The highest BCUT2D eigenvalue weighted by atomic mass is 16.5. The van der Waals surface area contributed by atoms with E-state index in [0.717, 1.165) is 59.7 Å². The average Bonchev–Trinajstić information content (AvgIpc) is 3.25. The Balaban J connectivity index is 1.32. The van der Waals surface area contributed by atoms with E-state index in [1.807, 2.05) is 19.2 Å². The van der Waals surface area contributed by atoms with Crippen molar-refractivity contribution < 1.29 is 13.9 Å². The summed E-state index contributed by atoms with van der Waals surface area (Å²) in [6.45, 7) is 0.852. The number of carbonyl (C=O) groups excluding carboxylic acids is 1. The van der Waals surface area contributed by atoms with Crippen LogP contribution in [0.4, 0.5) is 11.6 Å². The van der Waals surface area contributed by atoms with Gasteiger partial charge in [0.1, 0.15) is 17.2 Å². The summed E-state index contributed by atoms with van der Waals surface area (Å²) in [5.74, 6) is 2.53. The Bertz CT molecular complexity index is 1430. The van der Waals surface area contributed by atoms with Crippen LogP contribution in [0.2, 0.25) is 0 Å². The Hall–Kier alpha value is -3.52. The summed E-state index contributed by atoms with van der Waals surface area (Å²) in [6, 6.07) is 8.03. The van der Waals surface area contributed by atoms with Crippen LogP contribution in [-0.2, 0) is 15.1 Å². The molecule has 1 amide bonds. The number of pyridine rings is 2. The lowest BCUT2D eigenvalue weighted by Crippen LogP contribution is -2.33. The Morgan fingerprint density at radius 2 is 2.00 bits per heavy atom. The van der Waals surface area contributed by atoms with Gasteiger partial charge in [0.05, 0.1) is 17.8 Å². The highest BCUT2D eigenvalue weighted by Crippen LogP contribution is 2.55. The SMILES string of the molecule is CNc1ncc(-c2nc3cc([C@]45C[C@H](CO4)C5)ccc3o2)c2cc(NC(=O)C3CC3)ncc12. The van der Waals surface area contributed by atoms with Gasteiger partial charge in [0.2, 0.25) is 11.8 Å². The van der Waals surface area contributed by atoms with Gasteiger partial charge in [-0.3, -0.25) is 4.79 Å². The molecule has 33 heavy (non-hydrogen) atoms. The average molecular weight is 441 g/mol. The largest absolute Gasteiger partial charge is 0.436 e.